The van der Waals surface area contributed by atoms with E-state index >= 15 is 0 Å². The summed E-state index contributed by atoms with van der Waals surface area (Å²) >= 11 is 0. The molecule has 1 aromatic heterocycles. The van der Waals surface area contributed by atoms with Gasteiger partial charge in [0.05, 0.1) is 5.41 Å². The minimum absolute atomic E-state index is 0.0414. The van der Waals surface area contributed by atoms with E-state index in [2.05, 4.69) is 4.98 Å². The number of carbonyl (C=O) groups is 2. The number of Topliss-reactive ketones (excluding diaryl/α,β-unsaturated/α-hetero) is 1. The van der Waals surface area contributed by atoms with Crippen LogP contribution >= 0.6 is 0 Å². The van der Waals surface area contributed by atoms with E-state index in [4.69, 9.17) is 9.47 Å². The standard InChI is InChI=1S/C26H24N2O4/c1-28(2)25(30)18-5-3-4-17(12-18)19-6-8-21(27-15-19)14-24(29)26(10-11-26)20-7-9-22-23(13-20)32-16-31-22/h3-9,12-13,15H,10-11,14,16H2,1-2H3. The highest BCUT2D eigenvalue weighted by molar-refractivity contribution is 5.95. The van der Waals surface area contributed by atoms with Crippen LogP contribution in [-0.2, 0) is 16.6 Å². The van der Waals surface area contributed by atoms with E-state index in [0.717, 1.165) is 41.0 Å². The van der Waals surface area contributed by atoms with Crippen molar-refractivity contribution in [1.82, 2.24) is 9.88 Å². The minimum atomic E-state index is -0.442. The number of carbonyl (C=O) groups excluding carboxylic acids is 2. The van der Waals surface area contributed by atoms with E-state index in [0.29, 0.717) is 11.3 Å². The summed E-state index contributed by atoms with van der Waals surface area (Å²) < 4.78 is 10.9. The van der Waals surface area contributed by atoms with Crippen LogP contribution in [-0.4, -0.2) is 42.5 Å². The zero-order chi connectivity index (χ0) is 22.3. The summed E-state index contributed by atoms with van der Waals surface area (Å²) in [5.41, 5.74) is 3.75. The van der Waals surface area contributed by atoms with Gasteiger partial charge in [0.25, 0.3) is 5.91 Å². The molecular weight excluding hydrogens is 404 g/mol. The average Bonchev–Trinajstić information content (AvgIpc) is 3.50. The van der Waals surface area contributed by atoms with Gasteiger partial charge in [-0.05, 0) is 54.3 Å². The molecule has 1 aliphatic carbocycles. The third-order valence-electron chi connectivity index (χ3n) is 6.22. The van der Waals surface area contributed by atoms with Gasteiger partial charge in [0.2, 0.25) is 6.79 Å². The number of nitrogens with zero attached hydrogens (tertiary/aromatic N) is 2. The highest BCUT2D eigenvalue weighted by Gasteiger charge is 2.50. The second kappa shape index (κ2) is 7.79. The van der Waals surface area contributed by atoms with Gasteiger partial charge in [-0.3, -0.25) is 14.6 Å². The first-order valence-corrected chi connectivity index (χ1v) is 10.7. The summed E-state index contributed by atoms with van der Waals surface area (Å²) in [6.45, 7) is 0.224. The van der Waals surface area contributed by atoms with Crippen LogP contribution in [0.2, 0.25) is 0 Å². The number of rotatable bonds is 6. The fourth-order valence-electron chi connectivity index (χ4n) is 4.17. The molecule has 0 spiro atoms. The Bertz CT molecular complexity index is 1200. The summed E-state index contributed by atoms with van der Waals surface area (Å²) in [7, 11) is 3.47. The first-order chi connectivity index (χ1) is 15.5. The predicted octanol–water partition coefficient (Wildman–Crippen LogP) is 4.02. The van der Waals surface area contributed by atoms with Crippen molar-refractivity contribution in [1.29, 1.82) is 0 Å². The van der Waals surface area contributed by atoms with Crippen molar-refractivity contribution in [3.05, 3.63) is 77.6 Å². The van der Waals surface area contributed by atoms with Crippen molar-refractivity contribution in [2.24, 2.45) is 0 Å². The van der Waals surface area contributed by atoms with Crippen molar-refractivity contribution in [2.75, 3.05) is 20.9 Å². The Morgan fingerprint density at radius 3 is 2.50 bits per heavy atom. The largest absolute Gasteiger partial charge is 0.454 e. The van der Waals surface area contributed by atoms with Gasteiger partial charge in [-0.1, -0.05) is 24.3 Å². The number of fused-ring (bicyclic) bond motifs is 1. The molecule has 162 valence electrons. The van der Waals surface area contributed by atoms with Gasteiger partial charge in [-0.25, -0.2) is 0 Å². The Kier molecular flexibility index (Phi) is 4.93. The molecule has 6 heteroatoms. The van der Waals surface area contributed by atoms with Gasteiger partial charge in [0, 0.05) is 43.5 Å². The lowest BCUT2D eigenvalue weighted by Crippen LogP contribution is -2.23. The zero-order valence-electron chi connectivity index (χ0n) is 18.1. The molecular formula is C26H24N2O4. The number of benzene rings is 2. The van der Waals surface area contributed by atoms with Crippen LogP contribution in [0.4, 0.5) is 0 Å². The quantitative estimate of drug-likeness (QED) is 0.593. The summed E-state index contributed by atoms with van der Waals surface area (Å²) in [5.74, 6) is 1.57. The minimum Gasteiger partial charge on any atom is -0.454 e. The molecule has 0 saturated heterocycles. The van der Waals surface area contributed by atoms with Crippen molar-refractivity contribution >= 4 is 11.7 Å². The number of hydrogen-bond donors (Lipinski definition) is 0. The van der Waals surface area contributed by atoms with E-state index in [9.17, 15) is 9.59 Å². The lowest BCUT2D eigenvalue weighted by Gasteiger charge is -2.15. The smallest absolute Gasteiger partial charge is 0.253 e. The number of pyridine rings is 1. The van der Waals surface area contributed by atoms with E-state index < -0.39 is 5.41 Å². The first kappa shape index (κ1) is 20.2. The number of ether oxygens (including phenoxy) is 2. The van der Waals surface area contributed by atoms with Crippen molar-refractivity contribution < 1.29 is 19.1 Å². The van der Waals surface area contributed by atoms with Crippen LogP contribution in [0.15, 0.2) is 60.8 Å². The monoisotopic (exact) mass is 428 g/mol. The normalized spacial score (nSPS) is 15.3. The molecule has 6 nitrogen and oxygen atoms in total. The molecule has 2 aromatic carbocycles. The number of aromatic nitrogens is 1. The molecule has 0 N–H and O–H groups in total. The van der Waals surface area contributed by atoms with E-state index in [-0.39, 0.29) is 24.9 Å². The van der Waals surface area contributed by atoms with Gasteiger partial charge in [-0.2, -0.15) is 0 Å². The van der Waals surface area contributed by atoms with Gasteiger partial charge in [0.1, 0.15) is 5.78 Å². The SMILES string of the molecule is CN(C)C(=O)c1cccc(-c2ccc(CC(=O)C3(c4ccc5c(c4)OCO5)CC3)nc2)c1. The van der Waals surface area contributed by atoms with Crippen molar-refractivity contribution in [2.45, 2.75) is 24.7 Å². The summed E-state index contributed by atoms with van der Waals surface area (Å²) in [6, 6.07) is 17.1. The molecule has 2 heterocycles. The van der Waals surface area contributed by atoms with E-state index in [1.165, 1.54) is 0 Å². The van der Waals surface area contributed by atoms with Gasteiger partial charge >= 0.3 is 0 Å². The Hall–Kier alpha value is -3.67. The summed E-state index contributed by atoms with van der Waals surface area (Å²) in [5, 5.41) is 0. The third-order valence-corrected chi connectivity index (χ3v) is 6.22. The molecule has 1 aliphatic heterocycles. The molecule has 2 aliphatic rings. The Morgan fingerprint density at radius 2 is 1.78 bits per heavy atom. The predicted molar refractivity (Wildman–Crippen MR) is 120 cm³/mol. The van der Waals surface area contributed by atoms with Crippen LogP contribution in [0.3, 0.4) is 0 Å². The third kappa shape index (κ3) is 3.62. The van der Waals surface area contributed by atoms with Crippen LogP contribution in [0.1, 0.15) is 34.5 Å². The lowest BCUT2D eigenvalue weighted by molar-refractivity contribution is -0.120. The highest BCUT2D eigenvalue weighted by atomic mass is 16.7. The van der Waals surface area contributed by atoms with E-state index in [1.807, 2.05) is 48.5 Å². The van der Waals surface area contributed by atoms with Gasteiger partial charge < -0.3 is 14.4 Å². The topological polar surface area (TPSA) is 68.7 Å². The van der Waals surface area contributed by atoms with Crippen molar-refractivity contribution in [3.8, 4) is 22.6 Å². The maximum Gasteiger partial charge on any atom is 0.253 e. The maximum absolute atomic E-state index is 13.2. The second-order valence-electron chi connectivity index (χ2n) is 8.57. The second-order valence-corrected chi connectivity index (χ2v) is 8.57. The van der Waals surface area contributed by atoms with Crippen LogP contribution < -0.4 is 9.47 Å². The number of hydrogen-bond acceptors (Lipinski definition) is 5. The molecule has 0 unspecified atom stereocenters. The molecule has 0 radical (unpaired) electrons. The fourth-order valence-corrected chi connectivity index (χ4v) is 4.17. The van der Waals surface area contributed by atoms with Crippen molar-refractivity contribution in [3.63, 3.8) is 0 Å². The molecule has 0 atom stereocenters. The first-order valence-electron chi connectivity index (χ1n) is 10.7. The molecule has 3 aromatic rings. The molecule has 0 bridgehead atoms. The molecule has 1 fully saturated rings. The Balaban J connectivity index is 1.32. The molecule has 5 rings (SSSR count). The van der Waals surface area contributed by atoms with E-state index in [1.54, 1.807) is 31.3 Å². The van der Waals surface area contributed by atoms with Gasteiger partial charge in [-0.15, -0.1) is 0 Å². The van der Waals surface area contributed by atoms with Crippen LogP contribution in [0.5, 0.6) is 11.5 Å². The van der Waals surface area contributed by atoms with Crippen LogP contribution in [0.25, 0.3) is 11.1 Å². The summed E-state index contributed by atoms with van der Waals surface area (Å²) in [6.07, 6.45) is 3.74. The van der Waals surface area contributed by atoms with Gasteiger partial charge in [0.15, 0.2) is 11.5 Å². The fraction of sp³-hybridized carbons (Fsp3) is 0.269. The highest BCUT2D eigenvalue weighted by Crippen LogP contribution is 2.51. The summed E-state index contributed by atoms with van der Waals surface area (Å²) in [4.78, 5) is 31.5. The molecule has 32 heavy (non-hydrogen) atoms. The number of ketones is 1. The zero-order valence-corrected chi connectivity index (χ0v) is 18.1. The Labute approximate surface area is 186 Å². The average molecular weight is 428 g/mol. The Morgan fingerprint density at radius 1 is 0.969 bits per heavy atom. The number of amides is 1. The maximum atomic E-state index is 13.2. The lowest BCUT2D eigenvalue weighted by atomic mass is 9.88. The molecule has 1 amide bonds. The van der Waals surface area contributed by atoms with Crippen LogP contribution in [0, 0.1) is 0 Å². The molecule has 1 saturated carbocycles.